The average Bonchev–Trinajstić information content (AvgIpc) is 2.17. The van der Waals surface area contributed by atoms with E-state index in [0.717, 1.165) is 0 Å². The van der Waals surface area contributed by atoms with E-state index >= 15 is 0 Å². The number of hydrogen-bond donors (Lipinski definition) is 2. The van der Waals surface area contributed by atoms with E-state index < -0.39 is 10.5 Å². The highest BCUT2D eigenvalue weighted by Crippen LogP contribution is 2.20. The number of nitrogens with one attached hydrogen (secondary N) is 1. The minimum Gasteiger partial charge on any atom is -0.394 e. The molecule has 0 bridgehead atoms. The molecule has 0 fully saturated rings. The summed E-state index contributed by atoms with van der Waals surface area (Å²) in [5.41, 5.74) is 0.173. The van der Waals surface area contributed by atoms with Crippen LogP contribution in [0.3, 0.4) is 0 Å². The highest BCUT2D eigenvalue weighted by atomic mass is 16.6. The second-order valence-corrected chi connectivity index (χ2v) is 3.97. The van der Waals surface area contributed by atoms with Crippen LogP contribution in [0.2, 0.25) is 0 Å². The maximum Gasteiger partial charge on any atom is 0.271 e. The fraction of sp³-hybridized carbons (Fsp3) is 0.400. The zero-order valence-corrected chi connectivity index (χ0v) is 8.73. The molecule has 0 aliphatic heterocycles. The number of aliphatic hydroxyl groups excluding tert-OH is 1. The van der Waals surface area contributed by atoms with Crippen molar-refractivity contribution in [2.75, 3.05) is 11.9 Å². The summed E-state index contributed by atoms with van der Waals surface area (Å²) < 4.78 is 0. The van der Waals surface area contributed by atoms with Gasteiger partial charge in [-0.2, -0.15) is 0 Å². The van der Waals surface area contributed by atoms with Gasteiger partial charge in [-0.3, -0.25) is 10.1 Å². The normalized spacial score (nSPS) is 11.1. The van der Waals surface area contributed by atoms with Gasteiger partial charge in [-0.25, -0.2) is 0 Å². The molecular weight excluding hydrogens is 196 g/mol. The van der Waals surface area contributed by atoms with Gasteiger partial charge in [0.25, 0.3) is 5.69 Å². The Kier molecular flexibility index (Phi) is 3.26. The molecule has 0 saturated heterocycles. The summed E-state index contributed by atoms with van der Waals surface area (Å²) in [5.74, 6) is 0. The Labute approximate surface area is 87.9 Å². The predicted molar refractivity (Wildman–Crippen MR) is 57.9 cm³/mol. The molecule has 1 rings (SSSR count). The first-order chi connectivity index (χ1) is 6.94. The third-order valence-corrected chi connectivity index (χ3v) is 1.93. The predicted octanol–water partition coefficient (Wildman–Crippen LogP) is 1.78. The van der Waals surface area contributed by atoms with Crippen molar-refractivity contribution in [3.8, 4) is 0 Å². The van der Waals surface area contributed by atoms with E-state index in [1.165, 1.54) is 12.1 Å². The van der Waals surface area contributed by atoms with Crippen LogP contribution in [0.4, 0.5) is 11.4 Å². The molecule has 0 spiro atoms. The van der Waals surface area contributed by atoms with Crippen LogP contribution in [0.25, 0.3) is 0 Å². The van der Waals surface area contributed by atoms with Crippen LogP contribution in [0.15, 0.2) is 24.3 Å². The van der Waals surface area contributed by atoms with E-state index in [2.05, 4.69) is 5.32 Å². The van der Waals surface area contributed by atoms with Crippen molar-refractivity contribution in [1.29, 1.82) is 0 Å². The van der Waals surface area contributed by atoms with E-state index in [1.807, 2.05) is 13.8 Å². The van der Waals surface area contributed by atoms with Gasteiger partial charge in [0.15, 0.2) is 0 Å². The quantitative estimate of drug-likeness (QED) is 0.586. The molecule has 0 atom stereocenters. The summed E-state index contributed by atoms with van der Waals surface area (Å²) in [6.07, 6.45) is 0. The molecule has 0 amide bonds. The average molecular weight is 210 g/mol. The van der Waals surface area contributed by atoms with Gasteiger partial charge in [0.05, 0.1) is 17.1 Å². The SMILES string of the molecule is CC(C)(CO)Nc1cccc([N+](=O)[O-])c1. The smallest absolute Gasteiger partial charge is 0.271 e. The van der Waals surface area contributed by atoms with Crippen molar-refractivity contribution >= 4 is 11.4 Å². The molecule has 82 valence electrons. The van der Waals surface area contributed by atoms with Crippen molar-refractivity contribution in [3.05, 3.63) is 34.4 Å². The molecule has 15 heavy (non-hydrogen) atoms. The number of anilines is 1. The number of non-ortho nitro benzene ring substituents is 1. The van der Waals surface area contributed by atoms with Crippen molar-refractivity contribution < 1.29 is 10.0 Å². The Hall–Kier alpha value is -1.62. The van der Waals surface area contributed by atoms with Gasteiger partial charge in [0, 0.05) is 17.8 Å². The molecule has 1 aromatic rings. The van der Waals surface area contributed by atoms with E-state index in [4.69, 9.17) is 5.11 Å². The molecule has 0 aliphatic rings. The van der Waals surface area contributed by atoms with E-state index in [0.29, 0.717) is 5.69 Å². The summed E-state index contributed by atoms with van der Waals surface area (Å²) in [6, 6.07) is 6.20. The van der Waals surface area contributed by atoms with Crippen molar-refractivity contribution in [2.24, 2.45) is 0 Å². The van der Waals surface area contributed by atoms with Crippen molar-refractivity contribution in [3.63, 3.8) is 0 Å². The zero-order valence-electron chi connectivity index (χ0n) is 8.73. The first-order valence-corrected chi connectivity index (χ1v) is 4.58. The Balaban J connectivity index is 2.87. The third kappa shape index (κ3) is 3.21. The Bertz CT molecular complexity index is 363. The maximum absolute atomic E-state index is 10.5. The first kappa shape index (κ1) is 11.5. The molecule has 0 saturated carbocycles. The van der Waals surface area contributed by atoms with Gasteiger partial charge in [-0.1, -0.05) is 6.07 Å². The molecule has 5 nitrogen and oxygen atoms in total. The fourth-order valence-electron chi connectivity index (χ4n) is 1.13. The lowest BCUT2D eigenvalue weighted by Crippen LogP contribution is -2.34. The van der Waals surface area contributed by atoms with Gasteiger partial charge >= 0.3 is 0 Å². The zero-order chi connectivity index (χ0) is 11.5. The number of rotatable bonds is 4. The Morgan fingerprint density at radius 3 is 2.73 bits per heavy atom. The number of aliphatic hydroxyl groups is 1. The molecule has 0 radical (unpaired) electrons. The standard InChI is InChI=1S/C10H14N2O3/c1-10(2,7-13)11-8-4-3-5-9(6-8)12(14)15/h3-6,11,13H,7H2,1-2H3. The lowest BCUT2D eigenvalue weighted by atomic mass is 10.1. The topological polar surface area (TPSA) is 75.4 Å². The number of nitro benzene ring substituents is 1. The number of nitro groups is 1. The highest BCUT2D eigenvalue weighted by molar-refractivity contribution is 5.52. The summed E-state index contributed by atoms with van der Waals surface area (Å²) in [6.45, 7) is 3.58. The lowest BCUT2D eigenvalue weighted by Gasteiger charge is -2.24. The van der Waals surface area contributed by atoms with E-state index in [1.54, 1.807) is 12.1 Å². The maximum atomic E-state index is 10.5. The van der Waals surface area contributed by atoms with Crippen LogP contribution >= 0.6 is 0 Å². The van der Waals surface area contributed by atoms with Gasteiger partial charge in [0.1, 0.15) is 0 Å². The molecule has 0 aromatic heterocycles. The van der Waals surface area contributed by atoms with Crippen LogP contribution in [-0.4, -0.2) is 22.2 Å². The third-order valence-electron chi connectivity index (χ3n) is 1.93. The molecular formula is C10H14N2O3. The molecule has 0 heterocycles. The molecule has 2 N–H and O–H groups in total. The summed E-state index contributed by atoms with van der Waals surface area (Å²) in [4.78, 5) is 10.1. The second-order valence-electron chi connectivity index (χ2n) is 3.97. The van der Waals surface area contributed by atoms with Gasteiger partial charge in [0.2, 0.25) is 0 Å². The highest BCUT2D eigenvalue weighted by Gasteiger charge is 2.16. The van der Waals surface area contributed by atoms with Crippen molar-refractivity contribution in [1.82, 2.24) is 0 Å². The second kappa shape index (κ2) is 4.27. The summed E-state index contributed by atoms with van der Waals surface area (Å²) >= 11 is 0. The first-order valence-electron chi connectivity index (χ1n) is 4.58. The summed E-state index contributed by atoms with van der Waals surface area (Å²) in [7, 11) is 0. The van der Waals surface area contributed by atoms with Crippen LogP contribution in [0, 0.1) is 10.1 Å². The Morgan fingerprint density at radius 1 is 1.53 bits per heavy atom. The summed E-state index contributed by atoms with van der Waals surface area (Å²) in [5, 5.41) is 22.6. The molecule has 1 aromatic carbocycles. The molecule has 0 unspecified atom stereocenters. The van der Waals surface area contributed by atoms with Gasteiger partial charge in [-0.05, 0) is 19.9 Å². The molecule has 0 aliphatic carbocycles. The monoisotopic (exact) mass is 210 g/mol. The van der Waals surface area contributed by atoms with Crippen molar-refractivity contribution in [2.45, 2.75) is 19.4 Å². The minimum absolute atomic E-state index is 0.0359. The van der Waals surface area contributed by atoms with E-state index in [-0.39, 0.29) is 12.3 Å². The van der Waals surface area contributed by atoms with Crippen LogP contribution in [-0.2, 0) is 0 Å². The van der Waals surface area contributed by atoms with Crippen LogP contribution < -0.4 is 5.32 Å². The van der Waals surface area contributed by atoms with E-state index in [9.17, 15) is 10.1 Å². The van der Waals surface area contributed by atoms with Gasteiger partial charge < -0.3 is 10.4 Å². The minimum atomic E-state index is -0.491. The van der Waals surface area contributed by atoms with Gasteiger partial charge in [-0.15, -0.1) is 0 Å². The fourth-order valence-corrected chi connectivity index (χ4v) is 1.13. The molecule has 5 heteroatoms. The lowest BCUT2D eigenvalue weighted by molar-refractivity contribution is -0.384. The number of hydrogen-bond acceptors (Lipinski definition) is 4. The van der Waals surface area contributed by atoms with Crippen LogP contribution in [0.5, 0.6) is 0 Å². The Morgan fingerprint density at radius 2 is 2.20 bits per heavy atom. The van der Waals surface area contributed by atoms with Crippen LogP contribution in [0.1, 0.15) is 13.8 Å². The number of benzene rings is 1. The largest absolute Gasteiger partial charge is 0.394 e. The number of nitrogens with zero attached hydrogens (tertiary/aromatic N) is 1.